The summed E-state index contributed by atoms with van der Waals surface area (Å²) < 4.78 is 6.84. The minimum absolute atomic E-state index is 0.0485. The van der Waals surface area contributed by atoms with Crippen molar-refractivity contribution in [2.24, 2.45) is 0 Å². The summed E-state index contributed by atoms with van der Waals surface area (Å²) in [5.74, 6) is -1.99. The molecule has 1 aliphatic rings. The van der Waals surface area contributed by atoms with Crippen LogP contribution in [0, 0.1) is 6.92 Å². The van der Waals surface area contributed by atoms with E-state index < -0.39 is 23.8 Å². The van der Waals surface area contributed by atoms with Gasteiger partial charge in [-0.1, -0.05) is 33.6 Å². The number of aryl methyl sites for hydroxylation is 1. The fraction of sp³-hybridized carbons (Fsp3) is 0.0769. The Labute approximate surface area is 228 Å². The van der Waals surface area contributed by atoms with Crippen LogP contribution in [0.15, 0.2) is 75.2 Å². The molecule has 1 saturated heterocycles. The van der Waals surface area contributed by atoms with Gasteiger partial charge in [-0.25, -0.2) is 9.69 Å². The van der Waals surface area contributed by atoms with Gasteiger partial charge in [0.05, 0.1) is 10.2 Å². The van der Waals surface area contributed by atoms with Gasteiger partial charge in [0.25, 0.3) is 17.7 Å². The van der Waals surface area contributed by atoms with Crippen LogP contribution in [0.5, 0.6) is 11.5 Å². The molecule has 11 heteroatoms. The summed E-state index contributed by atoms with van der Waals surface area (Å²) in [7, 11) is 0. The van der Waals surface area contributed by atoms with Gasteiger partial charge >= 0.3 is 6.03 Å². The molecule has 0 spiro atoms. The summed E-state index contributed by atoms with van der Waals surface area (Å²) in [6, 6.07) is 15.0. The van der Waals surface area contributed by atoms with E-state index in [1.807, 2.05) is 19.1 Å². The molecule has 1 aliphatic heterocycles. The number of aromatic hydroxyl groups is 1. The van der Waals surface area contributed by atoms with Gasteiger partial charge in [-0.05, 0) is 77.5 Å². The zero-order valence-electron chi connectivity index (χ0n) is 19.2. The van der Waals surface area contributed by atoms with Crippen molar-refractivity contribution in [3.8, 4) is 11.5 Å². The van der Waals surface area contributed by atoms with E-state index in [0.29, 0.717) is 20.2 Å². The third kappa shape index (κ3) is 6.07. The average molecular weight is 629 g/mol. The standard InChI is InChI=1S/C26H19Br2N3O6/c1-14-2-4-17(5-3-14)29-22(33)13-37-23-15(10-16(27)12-21(23)28)11-20-24(34)30-26(36)31(25(20)35)18-6-8-19(32)9-7-18/h2-12,32H,13H2,1H3,(H,29,33)(H,30,34,36)/b20-11-. The van der Waals surface area contributed by atoms with Crippen LogP contribution >= 0.6 is 31.9 Å². The number of hydrogen-bond donors (Lipinski definition) is 3. The van der Waals surface area contributed by atoms with Gasteiger partial charge in [-0.3, -0.25) is 19.7 Å². The highest BCUT2D eigenvalue weighted by Gasteiger charge is 2.37. The normalized spacial score (nSPS) is 14.5. The molecule has 0 aliphatic carbocycles. The van der Waals surface area contributed by atoms with Crippen molar-refractivity contribution in [1.29, 1.82) is 0 Å². The van der Waals surface area contributed by atoms with Gasteiger partial charge in [0.15, 0.2) is 6.61 Å². The molecule has 1 heterocycles. The van der Waals surface area contributed by atoms with Crippen LogP contribution in [0.25, 0.3) is 6.08 Å². The number of carbonyl (C=O) groups excluding carboxylic acids is 4. The number of nitrogens with zero attached hydrogens (tertiary/aromatic N) is 1. The predicted molar refractivity (Wildman–Crippen MR) is 144 cm³/mol. The van der Waals surface area contributed by atoms with Crippen molar-refractivity contribution < 1.29 is 29.0 Å². The molecule has 1 fully saturated rings. The van der Waals surface area contributed by atoms with E-state index in [0.717, 1.165) is 10.5 Å². The number of urea groups is 1. The Balaban J connectivity index is 1.61. The number of hydrogen-bond acceptors (Lipinski definition) is 6. The lowest BCUT2D eigenvalue weighted by Crippen LogP contribution is -2.54. The number of imide groups is 2. The number of barbiturate groups is 1. The maximum atomic E-state index is 13.2. The van der Waals surface area contributed by atoms with Crippen LogP contribution in [0.1, 0.15) is 11.1 Å². The van der Waals surface area contributed by atoms with Crippen LogP contribution in [-0.4, -0.2) is 35.5 Å². The minimum atomic E-state index is -0.919. The van der Waals surface area contributed by atoms with Crippen molar-refractivity contribution in [3.05, 3.63) is 86.3 Å². The number of amides is 5. The van der Waals surface area contributed by atoms with Crippen LogP contribution < -0.4 is 20.3 Å². The van der Waals surface area contributed by atoms with E-state index in [-0.39, 0.29) is 29.4 Å². The molecule has 3 aromatic carbocycles. The first kappa shape index (κ1) is 26.1. The van der Waals surface area contributed by atoms with E-state index in [2.05, 4.69) is 42.5 Å². The van der Waals surface area contributed by atoms with Crippen molar-refractivity contribution in [2.75, 3.05) is 16.8 Å². The highest BCUT2D eigenvalue weighted by atomic mass is 79.9. The number of carbonyl (C=O) groups is 4. The Morgan fingerprint density at radius 1 is 1.05 bits per heavy atom. The van der Waals surface area contributed by atoms with E-state index in [1.54, 1.807) is 24.3 Å². The van der Waals surface area contributed by atoms with Crippen LogP contribution in [0.3, 0.4) is 0 Å². The molecule has 3 aromatic rings. The second-order valence-corrected chi connectivity index (χ2v) is 9.75. The Hall–Kier alpha value is -3.96. The van der Waals surface area contributed by atoms with Gasteiger partial charge in [-0.2, -0.15) is 0 Å². The lowest BCUT2D eigenvalue weighted by molar-refractivity contribution is -0.122. The fourth-order valence-corrected chi connectivity index (χ4v) is 4.83. The molecule has 0 aromatic heterocycles. The number of anilines is 2. The Morgan fingerprint density at radius 3 is 2.41 bits per heavy atom. The predicted octanol–water partition coefficient (Wildman–Crippen LogP) is 4.91. The van der Waals surface area contributed by atoms with Crippen LogP contribution in [0.2, 0.25) is 0 Å². The van der Waals surface area contributed by atoms with Crippen molar-refractivity contribution >= 4 is 73.1 Å². The molecule has 188 valence electrons. The lowest BCUT2D eigenvalue weighted by atomic mass is 10.1. The molecular formula is C26H19Br2N3O6. The Kier molecular flexibility index (Phi) is 7.74. The second kappa shape index (κ2) is 11.0. The topological polar surface area (TPSA) is 125 Å². The highest BCUT2D eigenvalue weighted by Crippen LogP contribution is 2.35. The van der Waals surface area contributed by atoms with Crippen molar-refractivity contribution in [1.82, 2.24) is 5.32 Å². The van der Waals surface area contributed by atoms with Crippen LogP contribution in [0.4, 0.5) is 16.2 Å². The Morgan fingerprint density at radius 2 is 1.73 bits per heavy atom. The molecule has 5 amide bonds. The molecule has 0 radical (unpaired) electrons. The summed E-state index contributed by atoms with van der Waals surface area (Å²) in [6.45, 7) is 1.59. The number of phenolic OH excluding ortho intramolecular Hbond substituents is 1. The van der Waals surface area contributed by atoms with E-state index >= 15 is 0 Å². The van der Waals surface area contributed by atoms with Crippen molar-refractivity contribution in [2.45, 2.75) is 6.92 Å². The number of rotatable bonds is 6. The molecule has 3 N–H and O–H groups in total. The highest BCUT2D eigenvalue weighted by molar-refractivity contribution is 9.11. The fourth-order valence-electron chi connectivity index (χ4n) is 3.46. The molecule has 0 bridgehead atoms. The maximum Gasteiger partial charge on any atom is 0.335 e. The molecule has 0 atom stereocenters. The molecular weight excluding hydrogens is 610 g/mol. The zero-order chi connectivity index (χ0) is 26.7. The summed E-state index contributed by atoms with van der Waals surface area (Å²) in [5, 5.41) is 14.4. The SMILES string of the molecule is Cc1ccc(NC(=O)COc2c(Br)cc(Br)cc2/C=C2/C(=O)NC(=O)N(c3ccc(O)cc3)C2=O)cc1. The van der Waals surface area contributed by atoms with E-state index in [9.17, 15) is 24.3 Å². The largest absolute Gasteiger partial charge is 0.508 e. The summed E-state index contributed by atoms with van der Waals surface area (Å²) in [5.41, 5.74) is 1.81. The maximum absolute atomic E-state index is 13.2. The summed E-state index contributed by atoms with van der Waals surface area (Å²) in [4.78, 5) is 51.5. The summed E-state index contributed by atoms with van der Waals surface area (Å²) in [6.07, 6.45) is 1.28. The number of nitrogens with one attached hydrogen (secondary N) is 2. The van der Waals surface area contributed by atoms with E-state index in [1.165, 1.54) is 30.3 Å². The first-order chi connectivity index (χ1) is 17.6. The Bertz CT molecular complexity index is 1440. The molecule has 0 saturated carbocycles. The molecule has 0 unspecified atom stereocenters. The van der Waals surface area contributed by atoms with Crippen LogP contribution in [-0.2, 0) is 14.4 Å². The van der Waals surface area contributed by atoms with Gasteiger partial charge in [0, 0.05) is 15.7 Å². The number of phenols is 1. The van der Waals surface area contributed by atoms with Gasteiger partial charge in [0.2, 0.25) is 0 Å². The first-order valence-electron chi connectivity index (χ1n) is 10.8. The monoisotopic (exact) mass is 627 g/mol. The number of benzene rings is 3. The van der Waals surface area contributed by atoms with Crippen molar-refractivity contribution in [3.63, 3.8) is 0 Å². The summed E-state index contributed by atoms with van der Waals surface area (Å²) >= 11 is 6.76. The lowest BCUT2D eigenvalue weighted by Gasteiger charge is -2.26. The third-order valence-electron chi connectivity index (χ3n) is 5.23. The second-order valence-electron chi connectivity index (χ2n) is 7.98. The zero-order valence-corrected chi connectivity index (χ0v) is 22.4. The smallest absolute Gasteiger partial charge is 0.335 e. The number of halogens is 2. The van der Waals surface area contributed by atoms with Gasteiger partial charge in [0.1, 0.15) is 17.1 Å². The minimum Gasteiger partial charge on any atom is -0.508 e. The molecule has 9 nitrogen and oxygen atoms in total. The van der Waals surface area contributed by atoms with E-state index in [4.69, 9.17) is 4.74 Å². The first-order valence-corrected chi connectivity index (χ1v) is 12.4. The molecule has 37 heavy (non-hydrogen) atoms. The van der Waals surface area contributed by atoms with Gasteiger partial charge in [-0.15, -0.1) is 0 Å². The third-order valence-corrected chi connectivity index (χ3v) is 6.28. The molecule has 4 rings (SSSR count). The van der Waals surface area contributed by atoms with Gasteiger partial charge < -0.3 is 15.2 Å². The quantitative estimate of drug-likeness (QED) is 0.263. The number of ether oxygens (including phenoxy) is 1. The average Bonchev–Trinajstić information content (AvgIpc) is 2.83.